The van der Waals surface area contributed by atoms with Crippen molar-refractivity contribution in [2.75, 3.05) is 13.2 Å². The molecule has 2 amide bonds. The Morgan fingerprint density at radius 1 is 1.26 bits per heavy atom. The first-order valence-corrected chi connectivity index (χ1v) is 7.93. The molecule has 1 saturated heterocycles. The highest BCUT2D eigenvalue weighted by Crippen LogP contribution is 2.13. The molecule has 0 unspecified atom stereocenters. The molecule has 0 aliphatic carbocycles. The summed E-state index contributed by atoms with van der Waals surface area (Å²) in [5.41, 5.74) is 0.624. The molecular weight excluding hydrogens is 296 g/mol. The first-order chi connectivity index (χ1) is 11.1. The van der Waals surface area contributed by atoms with Crippen LogP contribution in [0.1, 0.15) is 43.0 Å². The van der Waals surface area contributed by atoms with E-state index in [-0.39, 0.29) is 24.2 Å². The molecule has 6 heteroatoms. The molecule has 23 heavy (non-hydrogen) atoms. The van der Waals surface area contributed by atoms with Crippen LogP contribution in [-0.2, 0) is 9.59 Å². The summed E-state index contributed by atoms with van der Waals surface area (Å²) in [7, 11) is 0. The summed E-state index contributed by atoms with van der Waals surface area (Å²) in [5, 5.41) is 5.46. The third kappa shape index (κ3) is 5.09. The summed E-state index contributed by atoms with van der Waals surface area (Å²) in [6, 6.07) is 6.19. The minimum Gasteiger partial charge on any atom is -0.484 e. The van der Waals surface area contributed by atoms with Crippen LogP contribution in [0.3, 0.4) is 0 Å². The number of ether oxygens (including phenoxy) is 1. The quantitative estimate of drug-likeness (QED) is 0.777. The lowest BCUT2D eigenvalue weighted by molar-refractivity contribution is -0.129. The Kier molecular flexibility index (Phi) is 6.14. The molecule has 1 aromatic carbocycles. The molecule has 124 valence electrons. The fourth-order valence-corrected chi connectivity index (χ4v) is 2.40. The van der Waals surface area contributed by atoms with Gasteiger partial charge in [-0.1, -0.05) is 6.92 Å². The van der Waals surface area contributed by atoms with E-state index in [9.17, 15) is 14.4 Å². The second kappa shape index (κ2) is 8.31. The van der Waals surface area contributed by atoms with E-state index in [0.717, 1.165) is 12.8 Å². The van der Waals surface area contributed by atoms with Crippen molar-refractivity contribution in [3.8, 4) is 5.75 Å². The number of ketones is 1. The molecule has 1 heterocycles. The van der Waals surface area contributed by atoms with Gasteiger partial charge < -0.3 is 15.4 Å². The van der Waals surface area contributed by atoms with Gasteiger partial charge in [0.1, 0.15) is 11.8 Å². The maximum Gasteiger partial charge on any atom is 0.258 e. The molecule has 6 nitrogen and oxygen atoms in total. The van der Waals surface area contributed by atoms with E-state index in [4.69, 9.17) is 4.74 Å². The van der Waals surface area contributed by atoms with E-state index in [0.29, 0.717) is 30.7 Å². The standard InChI is InChI=1S/C17H22N2O4/c1-2-15(20)12-6-8-13(9-7-12)23-11-16(21)19-14-5-3-4-10-18-17(14)22/h6-9,14H,2-5,10-11H2,1H3,(H,18,22)(H,19,21)/t14-/m1/s1. The van der Waals surface area contributed by atoms with Crippen molar-refractivity contribution in [1.82, 2.24) is 10.6 Å². The molecule has 1 fully saturated rings. The first-order valence-electron chi connectivity index (χ1n) is 7.93. The van der Waals surface area contributed by atoms with Crippen molar-refractivity contribution < 1.29 is 19.1 Å². The van der Waals surface area contributed by atoms with Crippen LogP contribution in [0.25, 0.3) is 0 Å². The van der Waals surface area contributed by atoms with E-state index in [1.165, 1.54) is 0 Å². The summed E-state index contributed by atoms with van der Waals surface area (Å²) in [6.07, 6.45) is 2.92. The number of nitrogens with one attached hydrogen (secondary N) is 2. The summed E-state index contributed by atoms with van der Waals surface area (Å²) in [5.74, 6) is 0.103. The largest absolute Gasteiger partial charge is 0.484 e. The molecule has 2 N–H and O–H groups in total. The van der Waals surface area contributed by atoms with Gasteiger partial charge in [-0.15, -0.1) is 0 Å². The second-order valence-corrected chi connectivity index (χ2v) is 5.50. The first kappa shape index (κ1) is 17.0. The van der Waals surface area contributed by atoms with Gasteiger partial charge in [-0.2, -0.15) is 0 Å². The summed E-state index contributed by atoms with van der Waals surface area (Å²) < 4.78 is 5.39. The van der Waals surface area contributed by atoms with Crippen molar-refractivity contribution in [3.63, 3.8) is 0 Å². The Morgan fingerprint density at radius 2 is 2.00 bits per heavy atom. The maximum absolute atomic E-state index is 11.9. The van der Waals surface area contributed by atoms with Gasteiger partial charge >= 0.3 is 0 Å². The molecule has 1 atom stereocenters. The number of amides is 2. The predicted molar refractivity (Wildman–Crippen MR) is 85.3 cm³/mol. The van der Waals surface area contributed by atoms with Gasteiger partial charge in [-0.3, -0.25) is 14.4 Å². The highest BCUT2D eigenvalue weighted by molar-refractivity contribution is 5.95. The molecule has 1 aromatic rings. The topological polar surface area (TPSA) is 84.5 Å². The van der Waals surface area contributed by atoms with Crippen molar-refractivity contribution in [2.24, 2.45) is 0 Å². The highest BCUT2D eigenvalue weighted by Gasteiger charge is 2.22. The highest BCUT2D eigenvalue weighted by atomic mass is 16.5. The van der Waals surface area contributed by atoms with Crippen LogP contribution in [0.15, 0.2) is 24.3 Å². The van der Waals surface area contributed by atoms with E-state index in [1.807, 2.05) is 0 Å². The Morgan fingerprint density at radius 3 is 2.70 bits per heavy atom. The lowest BCUT2D eigenvalue weighted by Crippen LogP contribution is -2.46. The van der Waals surface area contributed by atoms with Crippen molar-refractivity contribution in [3.05, 3.63) is 29.8 Å². The molecule has 0 spiro atoms. The molecule has 0 radical (unpaired) electrons. The van der Waals surface area contributed by atoms with Crippen LogP contribution in [0.5, 0.6) is 5.75 Å². The maximum atomic E-state index is 11.9. The van der Waals surface area contributed by atoms with Gasteiger partial charge in [0.15, 0.2) is 12.4 Å². The fraction of sp³-hybridized carbons (Fsp3) is 0.471. The van der Waals surface area contributed by atoms with E-state index < -0.39 is 6.04 Å². The van der Waals surface area contributed by atoms with Crippen LogP contribution >= 0.6 is 0 Å². The molecule has 0 saturated carbocycles. The third-order valence-electron chi connectivity index (χ3n) is 3.74. The average molecular weight is 318 g/mol. The van der Waals surface area contributed by atoms with Crippen LogP contribution in [0.2, 0.25) is 0 Å². The van der Waals surface area contributed by atoms with Gasteiger partial charge in [0, 0.05) is 18.5 Å². The van der Waals surface area contributed by atoms with Gasteiger partial charge in [-0.05, 0) is 43.5 Å². The Balaban J connectivity index is 1.81. The van der Waals surface area contributed by atoms with E-state index in [2.05, 4.69) is 10.6 Å². The lowest BCUT2D eigenvalue weighted by atomic mass is 10.1. The summed E-state index contributed by atoms with van der Waals surface area (Å²) >= 11 is 0. The van der Waals surface area contributed by atoms with Crippen molar-refractivity contribution in [1.29, 1.82) is 0 Å². The van der Waals surface area contributed by atoms with E-state index >= 15 is 0 Å². The Bertz CT molecular complexity index is 568. The lowest BCUT2D eigenvalue weighted by Gasteiger charge is -2.15. The number of rotatable bonds is 6. The molecule has 1 aliphatic heterocycles. The smallest absolute Gasteiger partial charge is 0.258 e. The third-order valence-corrected chi connectivity index (χ3v) is 3.74. The second-order valence-electron chi connectivity index (χ2n) is 5.50. The van der Waals surface area contributed by atoms with Crippen LogP contribution in [-0.4, -0.2) is 36.8 Å². The van der Waals surface area contributed by atoms with E-state index in [1.54, 1.807) is 31.2 Å². The van der Waals surface area contributed by atoms with Crippen LogP contribution < -0.4 is 15.4 Å². The molecule has 2 rings (SSSR count). The molecule has 0 aromatic heterocycles. The monoisotopic (exact) mass is 318 g/mol. The van der Waals surface area contributed by atoms with Crippen molar-refractivity contribution in [2.45, 2.75) is 38.6 Å². The zero-order valence-electron chi connectivity index (χ0n) is 13.3. The molecule has 1 aliphatic rings. The number of Topliss-reactive ketones (excluding diaryl/α,β-unsaturated/α-hetero) is 1. The minimum absolute atomic E-state index is 0.0636. The zero-order chi connectivity index (χ0) is 16.7. The Hall–Kier alpha value is -2.37. The number of hydrogen-bond donors (Lipinski definition) is 2. The normalized spacial score (nSPS) is 17.8. The number of carbonyl (C=O) groups is 3. The summed E-state index contributed by atoms with van der Waals surface area (Å²) in [6.45, 7) is 2.30. The fourth-order valence-electron chi connectivity index (χ4n) is 2.40. The summed E-state index contributed by atoms with van der Waals surface area (Å²) in [4.78, 5) is 35.2. The van der Waals surface area contributed by atoms with Crippen molar-refractivity contribution >= 4 is 17.6 Å². The number of hydrogen-bond acceptors (Lipinski definition) is 4. The van der Waals surface area contributed by atoms with Crippen LogP contribution in [0.4, 0.5) is 0 Å². The van der Waals surface area contributed by atoms with Gasteiger partial charge in [0.25, 0.3) is 5.91 Å². The minimum atomic E-state index is -0.488. The van der Waals surface area contributed by atoms with Gasteiger partial charge in [0.05, 0.1) is 0 Å². The number of carbonyl (C=O) groups excluding carboxylic acids is 3. The van der Waals surface area contributed by atoms with Gasteiger partial charge in [0.2, 0.25) is 5.91 Å². The number of benzene rings is 1. The molecular formula is C17H22N2O4. The van der Waals surface area contributed by atoms with Crippen LogP contribution in [0, 0.1) is 0 Å². The zero-order valence-corrected chi connectivity index (χ0v) is 13.3. The van der Waals surface area contributed by atoms with Gasteiger partial charge in [-0.25, -0.2) is 0 Å². The SMILES string of the molecule is CCC(=O)c1ccc(OCC(=O)N[C@@H]2CCCCNC2=O)cc1. The Labute approximate surface area is 135 Å². The molecule has 0 bridgehead atoms. The predicted octanol–water partition coefficient (Wildman–Crippen LogP) is 1.44. The average Bonchev–Trinajstić information content (AvgIpc) is 2.77.